The van der Waals surface area contributed by atoms with Crippen LogP contribution in [-0.4, -0.2) is 12.6 Å². The van der Waals surface area contributed by atoms with Gasteiger partial charge in [-0.3, -0.25) is 0 Å². The fourth-order valence-corrected chi connectivity index (χ4v) is 3.59. The van der Waals surface area contributed by atoms with Crippen molar-refractivity contribution in [3.8, 4) is 0 Å². The predicted molar refractivity (Wildman–Crippen MR) is 88.0 cm³/mol. The average Bonchev–Trinajstić information content (AvgIpc) is 2.80. The van der Waals surface area contributed by atoms with E-state index in [1.54, 1.807) is 0 Å². The number of nitrogens with zero attached hydrogens (tertiary/aromatic N) is 1. The maximum Gasteiger partial charge on any atom is 0.137 e. The summed E-state index contributed by atoms with van der Waals surface area (Å²) in [5.41, 5.74) is 9.67. The van der Waals surface area contributed by atoms with E-state index in [1.807, 2.05) is 12.1 Å². The first kappa shape index (κ1) is 14.5. The van der Waals surface area contributed by atoms with E-state index in [0.717, 1.165) is 12.0 Å². The molecule has 0 fully saturated rings. The zero-order valence-corrected chi connectivity index (χ0v) is 13.5. The van der Waals surface area contributed by atoms with Gasteiger partial charge in [-0.15, -0.1) is 0 Å². The van der Waals surface area contributed by atoms with Crippen LogP contribution in [0.15, 0.2) is 46.9 Å². The van der Waals surface area contributed by atoms with Crippen LogP contribution in [-0.2, 0) is 6.42 Å². The van der Waals surface area contributed by atoms with Gasteiger partial charge < -0.3 is 10.6 Å². The number of hydrogen-bond donors (Lipinski definition) is 1. The Kier molecular flexibility index (Phi) is 4.00. The molecule has 0 saturated heterocycles. The molecular formula is C17H18BrFN2. The van der Waals surface area contributed by atoms with Crippen LogP contribution in [0.3, 0.4) is 0 Å². The summed E-state index contributed by atoms with van der Waals surface area (Å²) in [4.78, 5) is 2.36. The third kappa shape index (κ3) is 2.58. The number of hydrogen-bond acceptors (Lipinski definition) is 2. The van der Waals surface area contributed by atoms with Gasteiger partial charge in [-0.2, -0.15) is 0 Å². The average molecular weight is 349 g/mol. The van der Waals surface area contributed by atoms with Gasteiger partial charge in [0, 0.05) is 18.3 Å². The molecule has 0 aliphatic carbocycles. The summed E-state index contributed by atoms with van der Waals surface area (Å²) < 4.78 is 14.0. The quantitative estimate of drug-likeness (QED) is 0.906. The summed E-state index contributed by atoms with van der Waals surface area (Å²) in [5.74, 6) is -0.246. The van der Waals surface area contributed by atoms with Crippen molar-refractivity contribution in [1.82, 2.24) is 0 Å². The zero-order valence-electron chi connectivity index (χ0n) is 11.9. The number of rotatable bonds is 3. The highest BCUT2D eigenvalue weighted by Crippen LogP contribution is 2.38. The Bertz CT molecular complexity index is 659. The predicted octanol–water partition coefficient (Wildman–Crippen LogP) is 4.04. The first-order valence-corrected chi connectivity index (χ1v) is 7.92. The molecule has 4 heteroatoms. The number of fused-ring (bicyclic) bond motifs is 1. The maximum absolute atomic E-state index is 13.5. The van der Waals surface area contributed by atoms with Crippen molar-refractivity contribution in [2.24, 2.45) is 5.73 Å². The van der Waals surface area contributed by atoms with Gasteiger partial charge in [-0.25, -0.2) is 4.39 Å². The molecule has 2 atom stereocenters. The molecule has 0 bridgehead atoms. The molecular weight excluding hydrogens is 331 g/mol. The number of nitrogens with two attached hydrogens (primary N) is 1. The molecule has 2 aromatic carbocycles. The van der Waals surface area contributed by atoms with Gasteiger partial charge in [0.25, 0.3) is 0 Å². The molecule has 0 amide bonds. The highest BCUT2D eigenvalue weighted by atomic mass is 79.9. The Labute approximate surface area is 132 Å². The van der Waals surface area contributed by atoms with Crippen LogP contribution in [0.2, 0.25) is 0 Å². The Morgan fingerprint density at radius 2 is 2.10 bits per heavy atom. The smallest absolute Gasteiger partial charge is 0.137 e. The Morgan fingerprint density at radius 1 is 1.33 bits per heavy atom. The Balaban J connectivity index is 2.02. The molecule has 3 rings (SSSR count). The number of para-hydroxylation sites is 1. The molecule has 0 spiro atoms. The van der Waals surface area contributed by atoms with E-state index in [2.05, 4.69) is 52.0 Å². The van der Waals surface area contributed by atoms with Gasteiger partial charge in [-0.05, 0) is 58.6 Å². The van der Waals surface area contributed by atoms with E-state index in [0.29, 0.717) is 17.1 Å². The summed E-state index contributed by atoms with van der Waals surface area (Å²) >= 11 is 3.26. The van der Waals surface area contributed by atoms with Crippen LogP contribution < -0.4 is 10.6 Å². The lowest BCUT2D eigenvalue weighted by atomic mass is 10.0. The van der Waals surface area contributed by atoms with Crippen LogP contribution in [0.25, 0.3) is 0 Å². The van der Waals surface area contributed by atoms with Crippen LogP contribution in [0.5, 0.6) is 0 Å². The number of halogens is 2. The third-order valence-corrected chi connectivity index (χ3v) is 4.76. The second-order valence-electron chi connectivity index (χ2n) is 5.51. The highest BCUT2D eigenvalue weighted by Gasteiger charge is 2.31. The van der Waals surface area contributed by atoms with Crippen molar-refractivity contribution in [2.45, 2.75) is 25.4 Å². The largest absolute Gasteiger partial charge is 0.360 e. The summed E-state index contributed by atoms with van der Waals surface area (Å²) in [7, 11) is 0. The molecule has 2 unspecified atom stereocenters. The molecule has 2 aromatic rings. The molecule has 21 heavy (non-hydrogen) atoms. The molecule has 2 N–H and O–H groups in total. The molecule has 110 valence electrons. The van der Waals surface area contributed by atoms with Crippen molar-refractivity contribution in [1.29, 1.82) is 0 Å². The topological polar surface area (TPSA) is 29.3 Å². The van der Waals surface area contributed by atoms with E-state index in [9.17, 15) is 4.39 Å². The standard InChI is InChI=1S/C17H18BrFN2/c1-11-8-12-4-2-3-5-16(12)21(11)17(10-20)13-6-7-15(19)14(18)9-13/h2-7,9,11,17H,8,10,20H2,1H3. The van der Waals surface area contributed by atoms with Crippen LogP contribution in [0.4, 0.5) is 10.1 Å². The van der Waals surface area contributed by atoms with Gasteiger partial charge in [0.15, 0.2) is 0 Å². The lowest BCUT2D eigenvalue weighted by Crippen LogP contribution is -2.37. The van der Waals surface area contributed by atoms with Gasteiger partial charge in [0.1, 0.15) is 5.82 Å². The fourth-order valence-electron chi connectivity index (χ4n) is 3.19. The van der Waals surface area contributed by atoms with Crippen molar-refractivity contribution in [2.75, 3.05) is 11.4 Å². The Morgan fingerprint density at radius 3 is 2.81 bits per heavy atom. The molecule has 2 nitrogen and oxygen atoms in total. The van der Waals surface area contributed by atoms with E-state index in [1.165, 1.54) is 17.3 Å². The lowest BCUT2D eigenvalue weighted by Gasteiger charge is -2.34. The first-order chi connectivity index (χ1) is 10.1. The van der Waals surface area contributed by atoms with Crippen LogP contribution in [0.1, 0.15) is 24.1 Å². The van der Waals surface area contributed by atoms with Crippen molar-refractivity contribution in [3.63, 3.8) is 0 Å². The van der Waals surface area contributed by atoms with E-state index in [4.69, 9.17) is 5.73 Å². The first-order valence-electron chi connectivity index (χ1n) is 7.13. The molecule has 1 heterocycles. The summed E-state index contributed by atoms with van der Waals surface area (Å²) in [6, 6.07) is 14.0. The number of anilines is 1. The van der Waals surface area contributed by atoms with Gasteiger partial charge >= 0.3 is 0 Å². The van der Waals surface area contributed by atoms with Crippen LogP contribution >= 0.6 is 15.9 Å². The molecule has 0 saturated carbocycles. The minimum Gasteiger partial charge on any atom is -0.360 e. The second kappa shape index (κ2) is 5.78. The minimum absolute atomic E-state index is 0.0561. The Hall–Kier alpha value is -1.39. The van der Waals surface area contributed by atoms with Gasteiger partial charge in [0.2, 0.25) is 0 Å². The van der Waals surface area contributed by atoms with E-state index in [-0.39, 0.29) is 11.9 Å². The van der Waals surface area contributed by atoms with Gasteiger partial charge in [-0.1, -0.05) is 24.3 Å². The van der Waals surface area contributed by atoms with Crippen LogP contribution in [0, 0.1) is 5.82 Å². The normalized spacial score (nSPS) is 18.7. The van der Waals surface area contributed by atoms with E-state index >= 15 is 0 Å². The monoisotopic (exact) mass is 348 g/mol. The molecule has 1 aliphatic rings. The second-order valence-corrected chi connectivity index (χ2v) is 6.37. The molecule has 0 radical (unpaired) electrons. The fraction of sp³-hybridized carbons (Fsp3) is 0.294. The molecule has 1 aliphatic heterocycles. The molecule has 0 aromatic heterocycles. The van der Waals surface area contributed by atoms with Crippen molar-refractivity contribution >= 4 is 21.6 Å². The van der Waals surface area contributed by atoms with E-state index < -0.39 is 0 Å². The lowest BCUT2D eigenvalue weighted by molar-refractivity contribution is 0.565. The van der Waals surface area contributed by atoms with Crippen molar-refractivity contribution < 1.29 is 4.39 Å². The van der Waals surface area contributed by atoms with Crippen molar-refractivity contribution in [3.05, 3.63) is 63.9 Å². The summed E-state index contributed by atoms with van der Waals surface area (Å²) in [6.45, 7) is 2.71. The maximum atomic E-state index is 13.5. The zero-order chi connectivity index (χ0) is 15.0. The third-order valence-electron chi connectivity index (χ3n) is 4.15. The highest BCUT2D eigenvalue weighted by molar-refractivity contribution is 9.10. The summed E-state index contributed by atoms with van der Waals surface area (Å²) in [5, 5.41) is 0. The number of benzene rings is 2. The minimum atomic E-state index is -0.246. The summed E-state index contributed by atoms with van der Waals surface area (Å²) in [6.07, 6.45) is 1.02. The van der Waals surface area contributed by atoms with Gasteiger partial charge in [0.05, 0.1) is 10.5 Å². The SMILES string of the molecule is CC1Cc2ccccc2N1C(CN)c1ccc(F)c(Br)c1.